The largest absolute Gasteiger partial charge is 0.500 e. The van der Waals surface area contributed by atoms with Crippen LogP contribution in [0.15, 0.2) is 30.3 Å². The fourth-order valence-electron chi connectivity index (χ4n) is 1.94. The van der Waals surface area contributed by atoms with Crippen molar-refractivity contribution >= 4 is 20.6 Å². The van der Waals surface area contributed by atoms with E-state index in [1.807, 2.05) is 6.07 Å². The fourth-order valence-corrected chi connectivity index (χ4v) is 3.63. The van der Waals surface area contributed by atoms with Gasteiger partial charge in [-0.3, -0.25) is 9.59 Å². The molecule has 6 nitrogen and oxygen atoms in total. The molecule has 0 fully saturated rings. The van der Waals surface area contributed by atoms with Gasteiger partial charge >= 0.3 is 14.8 Å². The quantitative estimate of drug-likeness (QED) is 0.215. The van der Waals surface area contributed by atoms with Crippen LogP contribution in [0.2, 0.25) is 6.04 Å². The highest BCUT2D eigenvalue weighted by Gasteiger charge is 2.37. The maximum absolute atomic E-state index is 11.8. The van der Waals surface area contributed by atoms with Gasteiger partial charge in [-0.25, -0.2) is 0 Å². The van der Waals surface area contributed by atoms with Crippen LogP contribution in [0.25, 0.3) is 0 Å². The van der Waals surface area contributed by atoms with Crippen LogP contribution in [0.1, 0.15) is 23.2 Å². The molecule has 0 N–H and O–H groups in total. The Kier molecular flexibility index (Phi) is 7.97. The zero-order valence-corrected chi connectivity index (χ0v) is 14.2. The summed E-state index contributed by atoms with van der Waals surface area (Å²) < 4.78 is 20.9. The zero-order valence-electron chi connectivity index (χ0n) is 13.2. The average Bonchev–Trinajstić information content (AvgIpc) is 2.56. The summed E-state index contributed by atoms with van der Waals surface area (Å²) in [6.45, 7) is 0.200. The Morgan fingerprint density at radius 3 is 2.14 bits per heavy atom. The van der Waals surface area contributed by atoms with Crippen LogP contribution in [0.3, 0.4) is 0 Å². The molecule has 0 spiro atoms. The van der Waals surface area contributed by atoms with Crippen molar-refractivity contribution in [3.63, 3.8) is 0 Å². The van der Waals surface area contributed by atoms with Gasteiger partial charge in [0.25, 0.3) is 0 Å². The van der Waals surface area contributed by atoms with E-state index in [1.165, 1.54) is 21.3 Å². The van der Waals surface area contributed by atoms with Crippen molar-refractivity contribution in [3.8, 4) is 0 Å². The maximum atomic E-state index is 11.8. The van der Waals surface area contributed by atoms with Gasteiger partial charge in [-0.15, -0.1) is 0 Å². The summed E-state index contributed by atoms with van der Waals surface area (Å²) in [6.07, 6.45) is 0.290. The lowest BCUT2D eigenvalue weighted by Gasteiger charge is -2.24. The molecule has 0 radical (unpaired) electrons. The third-order valence-corrected chi connectivity index (χ3v) is 6.06. The van der Waals surface area contributed by atoms with Crippen molar-refractivity contribution in [3.05, 3.63) is 35.9 Å². The van der Waals surface area contributed by atoms with Crippen LogP contribution in [0.4, 0.5) is 0 Å². The lowest BCUT2D eigenvalue weighted by Crippen LogP contribution is -2.42. The molecule has 0 aliphatic rings. The minimum atomic E-state index is -2.63. The van der Waals surface area contributed by atoms with Crippen molar-refractivity contribution in [1.82, 2.24) is 0 Å². The Labute approximate surface area is 131 Å². The number of carbonyl (C=O) groups is 2. The molecule has 0 saturated heterocycles. The van der Waals surface area contributed by atoms with Gasteiger partial charge in [-0.05, 0) is 6.42 Å². The van der Waals surface area contributed by atoms with Gasteiger partial charge in [0.2, 0.25) is 0 Å². The van der Waals surface area contributed by atoms with Gasteiger partial charge in [0, 0.05) is 32.9 Å². The maximum Gasteiger partial charge on any atom is 0.500 e. The van der Waals surface area contributed by atoms with Crippen LogP contribution in [-0.2, 0) is 22.8 Å². The minimum Gasteiger partial charge on any atom is -0.465 e. The first-order valence-corrected chi connectivity index (χ1v) is 8.89. The summed E-state index contributed by atoms with van der Waals surface area (Å²) in [4.78, 5) is 23.5. The van der Waals surface area contributed by atoms with E-state index in [1.54, 1.807) is 24.3 Å². The summed E-state index contributed by atoms with van der Waals surface area (Å²) in [6, 6.07) is 9.20. The highest BCUT2D eigenvalue weighted by atomic mass is 28.4. The van der Waals surface area contributed by atoms with E-state index in [0.717, 1.165) is 0 Å². The highest BCUT2D eigenvalue weighted by molar-refractivity contribution is 6.60. The molecule has 0 atom stereocenters. The predicted octanol–water partition coefficient (Wildman–Crippen LogP) is 2.07. The number of hydrogen-bond donors (Lipinski definition) is 0. The van der Waals surface area contributed by atoms with Crippen molar-refractivity contribution in [2.24, 2.45) is 0 Å². The number of carbonyl (C=O) groups excluding carboxylic acids is 2. The van der Waals surface area contributed by atoms with Gasteiger partial charge in [0.1, 0.15) is 6.42 Å². The Balaban J connectivity index is 2.31. The standard InChI is InChI=1S/C15H22O6Si/c1-18-22(19-2,20-3)11-7-10-21-15(17)12-14(16)13-8-5-4-6-9-13/h4-6,8-9H,7,10-12H2,1-3H3. The lowest BCUT2D eigenvalue weighted by atomic mass is 10.1. The smallest absolute Gasteiger partial charge is 0.465 e. The third-order valence-electron chi connectivity index (χ3n) is 3.22. The molecule has 0 unspecified atom stereocenters. The molecule has 22 heavy (non-hydrogen) atoms. The van der Waals surface area contributed by atoms with E-state index in [2.05, 4.69) is 0 Å². The first-order valence-electron chi connectivity index (χ1n) is 6.96. The summed E-state index contributed by atoms with van der Waals surface area (Å²) in [5, 5.41) is 0. The third kappa shape index (κ3) is 5.68. The first kappa shape index (κ1) is 18.5. The Morgan fingerprint density at radius 1 is 1.00 bits per heavy atom. The normalized spacial score (nSPS) is 11.2. The molecule has 0 aliphatic carbocycles. The number of Topliss-reactive ketones (excluding diaryl/α,β-unsaturated/α-hetero) is 1. The second-order valence-corrected chi connectivity index (χ2v) is 7.68. The van der Waals surface area contributed by atoms with Gasteiger partial charge in [0.15, 0.2) is 5.78 Å². The van der Waals surface area contributed by atoms with Gasteiger partial charge < -0.3 is 18.0 Å². The van der Waals surface area contributed by atoms with E-state index < -0.39 is 14.8 Å². The molecule has 1 aromatic carbocycles. The van der Waals surface area contributed by atoms with Gasteiger partial charge in [-0.2, -0.15) is 0 Å². The summed E-state index contributed by atoms with van der Waals surface area (Å²) in [5.41, 5.74) is 0.504. The monoisotopic (exact) mass is 326 g/mol. The number of hydrogen-bond acceptors (Lipinski definition) is 6. The molecule has 0 saturated carbocycles. The average molecular weight is 326 g/mol. The van der Waals surface area contributed by atoms with E-state index in [0.29, 0.717) is 18.0 Å². The van der Waals surface area contributed by atoms with E-state index >= 15 is 0 Å². The summed E-state index contributed by atoms with van der Waals surface area (Å²) in [7, 11) is 1.96. The highest BCUT2D eigenvalue weighted by Crippen LogP contribution is 2.15. The molecule has 1 aromatic rings. The predicted molar refractivity (Wildman–Crippen MR) is 82.6 cm³/mol. The van der Waals surface area contributed by atoms with Crippen molar-refractivity contribution < 1.29 is 27.6 Å². The number of ether oxygens (including phenoxy) is 1. The topological polar surface area (TPSA) is 71.1 Å². The number of benzene rings is 1. The fraction of sp³-hybridized carbons (Fsp3) is 0.467. The van der Waals surface area contributed by atoms with Crippen molar-refractivity contribution in [2.75, 3.05) is 27.9 Å². The molecule has 0 aromatic heterocycles. The van der Waals surface area contributed by atoms with E-state index in [-0.39, 0.29) is 18.8 Å². The second kappa shape index (κ2) is 9.47. The molecule has 0 aliphatic heterocycles. The number of ketones is 1. The molecule has 0 bridgehead atoms. The van der Waals surface area contributed by atoms with Crippen LogP contribution in [0.5, 0.6) is 0 Å². The molecule has 7 heteroatoms. The molecule has 0 heterocycles. The molecule has 1 rings (SSSR count). The molecule has 122 valence electrons. The Bertz CT molecular complexity index is 464. The van der Waals surface area contributed by atoms with Crippen LogP contribution in [-0.4, -0.2) is 48.5 Å². The summed E-state index contributed by atoms with van der Waals surface area (Å²) >= 11 is 0. The molecule has 0 amide bonds. The van der Waals surface area contributed by atoms with Crippen molar-refractivity contribution in [2.45, 2.75) is 18.9 Å². The zero-order chi connectivity index (χ0) is 16.4. The Hall–Kier alpha value is -1.54. The number of esters is 1. The molecular weight excluding hydrogens is 304 g/mol. The SMILES string of the molecule is CO[Si](CCCOC(=O)CC(=O)c1ccccc1)(OC)OC. The van der Waals surface area contributed by atoms with Crippen molar-refractivity contribution in [1.29, 1.82) is 0 Å². The van der Waals surface area contributed by atoms with Gasteiger partial charge in [-0.1, -0.05) is 30.3 Å². The molecular formula is C15H22O6Si. The second-order valence-electron chi connectivity index (χ2n) is 4.59. The number of rotatable bonds is 10. The van der Waals surface area contributed by atoms with E-state index in [4.69, 9.17) is 18.0 Å². The lowest BCUT2D eigenvalue weighted by molar-refractivity contribution is -0.142. The van der Waals surface area contributed by atoms with Crippen LogP contribution in [0, 0.1) is 0 Å². The van der Waals surface area contributed by atoms with E-state index in [9.17, 15) is 9.59 Å². The van der Waals surface area contributed by atoms with Gasteiger partial charge in [0.05, 0.1) is 6.61 Å². The Morgan fingerprint density at radius 2 is 1.59 bits per heavy atom. The minimum absolute atomic E-state index is 0.200. The van der Waals surface area contributed by atoms with Crippen LogP contribution >= 0.6 is 0 Å². The summed E-state index contributed by atoms with van der Waals surface area (Å²) in [5.74, 6) is -0.784. The first-order chi connectivity index (χ1) is 10.6. The van der Waals surface area contributed by atoms with Crippen LogP contribution < -0.4 is 0 Å².